The average molecular weight is 237 g/mol. The summed E-state index contributed by atoms with van der Waals surface area (Å²) in [6.45, 7) is 7.80. The van der Waals surface area contributed by atoms with E-state index in [4.69, 9.17) is 0 Å². The van der Waals surface area contributed by atoms with Gasteiger partial charge in [-0.15, -0.1) is 11.8 Å². The van der Waals surface area contributed by atoms with Crippen molar-refractivity contribution in [3.8, 4) is 0 Å². The molecule has 16 heavy (non-hydrogen) atoms. The van der Waals surface area contributed by atoms with Gasteiger partial charge in [0.05, 0.1) is 0 Å². The van der Waals surface area contributed by atoms with Crippen molar-refractivity contribution in [3.63, 3.8) is 0 Å². The maximum Gasteiger partial charge on any atom is 0.0101 e. The van der Waals surface area contributed by atoms with Crippen molar-refractivity contribution in [3.05, 3.63) is 29.8 Å². The Morgan fingerprint density at radius 3 is 2.75 bits per heavy atom. The van der Waals surface area contributed by atoms with Gasteiger partial charge in [0, 0.05) is 10.9 Å². The zero-order valence-corrected chi connectivity index (χ0v) is 11.4. The Kier molecular flexibility index (Phi) is 6.58. The molecule has 0 fully saturated rings. The Hall–Kier alpha value is -0.470. The summed E-state index contributed by atoms with van der Waals surface area (Å²) in [5, 5.41) is 3.52. The summed E-state index contributed by atoms with van der Waals surface area (Å²) in [4.78, 5) is 1.42. The fourth-order valence-corrected chi connectivity index (χ4v) is 2.72. The van der Waals surface area contributed by atoms with E-state index < -0.39 is 0 Å². The lowest BCUT2D eigenvalue weighted by atomic mass is 10.2. The van der Waals surface area contributed by atoms with E-state index >= 15 is 0 Å². The van der Waals surface area contributed by atoms with E-state index in [1.54, 1.807) is 0 Å². The standard InChI is InChI=1S/C14H23NS/c1-4-10-15-13(3)9-11-16-14-8-6-5-7-12(14)2/h5-8,13,15H,4,9-11H2,1-3H3. The summed E-state index contributed by atoms with van der Waals surface area (Å²) < 4.78 is 0. The fourth-order valence-electron chi connectivity index (χ4n) is 1.56. The molecule has 1 aromatic carbocycles. The Labute approximate surface area is 104 Å². The third-order valence-electron chi connectivity index (χ3n) is 2.64. The average Bonchev–Trinajstić information content (AvgIpc) is 2.29. The van der Waals surface area contributed by atoms with E-state index in [-0.39, 0.29) is 0 Å². The molecule has 0 spiro atoms. The molecule has 1 unspecified atom stereocenters. The molecule has 0 aliphatic carbocycles. The molecule has 0 amide bonds. The van der Waals surface area contributed by atoms with E-state index in [2.05, 4.69) is 50.4 Å². The molecule has 0 saturated carbocycles. The summed E-state index contributed by atoms with van der Waals surface area (Å²) in [6, 6.07) is 9.25. The third-order valence-corrected chi connectivity index (χ3v) is 3.85. The van der Waals surface area contributed by atoms with Crippen LogP contribution in [0.3, 0.4) is 0 Å². The van der Waals surface area contributed by atoms with Crippen molar-refractivity contribution >= 4 is 11.8 Å². The fraction of sp³-hybridized carbons (Fsp3) is 0.571. The number of hydrogen-bond donors (Lipinski definition) is 1. The first kappa shape index (κ1) is 13.6. The SMILES string of the molecule is CCCNC(C)CCSc1ccccc1C. The summed E-state index contributed by atoms with van der Waals surface area (Å²) in [6.07, 6.45) is 2.45. The predicted molar refractivity (Wildman–Crippen MR) is 74.3 cm³/mol. The van der Waals surface area contributed by atoms with Crippen molar-refractivity contribution in [2.75, 3.05) is 12.3 Å². The van der Waals surface area contributed by atoms with Crippen molar-refractivity contribution in [1.29, 1.82) is 0 Å². The van der Waals surface area contributed by atoms with E-state index in [1.165, 1.54) is 29.1 Å². The van der Waals surface area contributed by atoms with Crippen LogP contribution in [0.1, 0.15) is 32.3 Å². The van der Waals surface area contributed by atoms with Crippen molar-refractivity contribution in [2.45, 2.75) is 44.6 Å². The van der Waals surface area contributed by atoms with Crippen LogP contribution in [-0.4, -0.2) is 18.3 Å². The molecule has 90 valence electrons. The molecule has 1 atom stereocenters. The van der Waals surface area contributed by atoms with Crippen molar-refractivity contribution in [2.24, 2.45) is 0 Å². The number of rotatable bonds is 7. The lowest BCUT2D eigenvalue weighted by molar-refractivity contribution is 0.536. The molecular formula is C14H23NS. The second kappa shape index (κ2) is 7.75. The van der Waals surface area contributed by atoms with Gasteiger partial charge < -0.3 is 5.32 Å². The summed E-state index contributed by atoms with van der Waals surface area (Å²) in [5.41, 5.74) is 1.39. The second-order valence-corrected chi connectivity index (χ2v) is 5.39. The Morgan fingerprint density at radius 2 is 2.06 bits per heavy atom. The van der Waals surface area contributed by atoms with Crippen LogP contribution in [-0.2, 0) is 0 Å². The summed E-state index contributed by atoms with van der Waals surface area (Å²) in [5.74, 6) is 1.20. The van der Waals surface area contributed by atoms with Crippen LogP contribution >= 0.6 is 11.8 Å². The molecule has 0 aliphatic rings. The van der Waals surface area contributed by atoms with E-state index in [1.807, 2.05) is 11.8 Å². The molecule has 2 heteroatoms. The number of aryl methyl sites for hydroxylation is 1. The van der Waals surface area contributed by atoms with Crippen LogP contribution < -0.4 is 5.32 Å². The zero-order chi connectivity index (χ0) is 11.8. The Balaban J connectivity index is 2.23. The molecule has 0 aromatic heterocycles. The third kappa shape index (κ3) is 5.04. The smallest absolute Gasteiger partial charge is 0.0101 e. The monoisotopic (exact) mass is 237 g/mol. The minimum Gasteiger partial charge on any atom is -0.314 e. The number of benzene rings is 1. The quantitative estimate of drug-likeness (QED) is 0.723. The van der Waals surface area contributed by atoms with Crippen molar-refractivity contribution in [1.82, 2.24) is 5.32 Å². The van der Waals surface area contributed by atoms with Gasteiger partial charge in [-0.25, -0.2) is 0 Å². The van der Waals surface area contributed by atoms with Crippen LogP contribution in [0.15, 0.2) is 29.2 Å². The molecule has 1 nitrogen and oxygen atoms in total. The molecule has 0 saturated heterocycles. The van der Waals surface area contributed by atoms with Crippen LogP contribution in [0, 0.1) is 6.92 Å². The summed E-state index contributed by atoms with van der Waals surface area (Å²) >= 11 is 1.97. The summed E-state index contributed by atoms with van der Waals surface area (Å²) in [7, 11) is 0. The lowest BCUT2D eigenvalue weighted by Crippen LogP contribution is -2.27. The van der Waals surface area contributed by atoms with Gasteiger partial charge >= 0.3 is 0 Å². The highest BCUT2D eigenvalue weighted by Crippen LogP contribution is 2.22. The minimum absolute atomic E-state index is 0.636. The molecular weight excluding hydrogens is 214 g/mol. The first-order chi connectivity index (χ1) is 7.74. The van der Waals surface area contributed by atoms with Gasteiger partial charge in [0.25, 0.3) is 0 Å². The van der Waals surface area contributed by atoms with Crippen molar-refractivity contribution < 1.29 is 0 Å². The van der Waals surface area contributed by atoms with Crippen LogP contribution in [0.2, 0.25) is 0 Å². The first-order valence-corrected chi connectivity index (χ1v) is 7.14. The topological polar surface area (TPSA) is 12.0 Å². The van der Waals surface area contributed by atoms with E-state index in [9.17, 15) is 0 Å². The zero-order valence-electron chi connectivity index (χ0n) is 10.6. The highest BCUT2D eigenvalue weighted by atomic mass is 32.2. The van der Waals surface area contributed by atoms with Gasteiger partial charge in [0.1, 0.15) is 0 Å². The molecule has 0 radical (unpaired) electrons. The van der Waals surface area contributed by atoms with E-state index in [0.717, 1.165) is 6.54 Å². The van der Waals surface area contributed by atoms with Crippen LogP contribution in [0.5, 0.6) is 0 Å². The largest absolute Gasteiger partial charge is 0.314 e. The Bertz CT molecular complexity index is 299. The first-order valence-electron chi connectivity index (χ1n) is 6.16. The number of nitrogens with one attached hydrogen (secondary N) is 1. The second-order valence-electron chi connectivity index (χ2n) is 4.26. The normalized spacial score (nSPS) is 12.7. The predicted octanol–water partition coefficient (Wildman–Crippen LogP) is 3.87. The minimum atomic E-state index is 0.636. The molecule has 1 rings (SSSR count). The Morgan fingerprint density at radius 1 is 1.31 bits per heavy atom. The molecule has 1 N–H and O–H groups in total. The van der Waals surface area contributed by atoms with Gasteiger partial charge in [-0.1, -0.05) is 25.1 Å². The highest BCUT2D eigenvalue weighted by Gasteiger charge is 2.02. The molecule has 0 aliphatic heterocycles. The van der Waals surface area contributed by atoms with Gasteiger partial charge in [-0.05, 0) is 50.6 Å². The van der Waals surface area contributed by atoms with Gasteiger partial charge in [0.15, 0.2) is 0 Å². The van der Waals surface area contributed by atoms with Gasteiger partial charge in [-0.2, -0.15) is 0 Å². The van der Waals surface area contributed by atoms with Gasteiger partial charge in [0.2, 0.25) is 0 Å². The molecule has 1 aromatic rings. The van der Waals surface area contributed by atoms with Gasteiger partial charge in [-0.3, -0.25) is 0 Å². The van der Waals surface area contributed by atoms with Crippen LogP contribution in [0.25, 0.3) is 0 Å². The number of hydrogen-bond acceptors (Lipinski definition) is 2. The highest BCUT2D eigenvalue weighted by molar-refractivity contribution is 7.99. The molecule has 0 heterocycles. The van der Waals surface area contributed by atoms with E-state index in [0.29, 0.717) is 6.04 Å². The van der Waals surface area contributed by atoms with Crippen LogP contribution in [0.4, 0.5) is 0 Å². The number of thioether (sulfide) groups is 1. The molecule has 0 bridgehead atoms. The lowest BCUT2D eigenvalue weighted by Gasteiger charge is -2.13. The maximum atomic E-state index is 3.52. The maximum absolute atomic E-state index is 3.52.